The quantitative estimate of drug-likeness (QED) is 0.779. The van der Waals surface area contributed by atoms with E-state index in [1.54, 1.807) is 19.1 Å². The largest absolute Gasteiger partial charge is 0.371 e. The second-order valence-corrected chi connectivity index (χ2v) is 5.24. The van der Waals surface area contributed by atoms with E-state index in [0.717, 1.165) is 30.3 Å². The normalized spacial score (nSPS) is 16.2. The van der Waals surface area contributed by atoms with E-state index in [0.29, 0.717) is 5.56 Å². The Kier molecular flexibility index (Phi) is 4.21. The number of hydrogen-bond acceptors (Lipinski definition) is 3. The van der Waals surface area contributed by atoms with E-state index in [2.05, 4.69) is 17.9 Å². The molecule has 0 aliphatic carbocycles. The zero-order valence-corrected chi connectivity index (χ0v) is 11.6. The minimum Gasteiger partial charge on any atom is -0.371 e. The summed E-state index contributed by atoms with van der Waals surface area (Å²) < 4.78 is 0. The van der Waals surface area contributed by atoms with Crippen molar-refractivity contribution in [2.45, 2.75) is 33.1 Å². The first-order valence-corrected chi connectivity index (χ1v) is 6.95. The lowest BCUT2D eigenvalue weighted by atomic mass is 9.93. The highest BCUT2D eigenvalue weighted by molar-refractivity contribution is 6.00. The van der Waals surface area contributed by atoms with Crippen molar-refractivity contribution in [3.8, 4) is 6.07 Å². The van der Waals surface area contributed by atoms with Crippen LogP contribution in [0.1, 0.15) is 49.0 Å². The number of Topliss-reactive ketones (excluding diaryl/α,β-unsaturated/α-hetero) is 1. The van der Waals surface area contributed by atoms with Gasteiger partial charge in [-0.2, -0.15) is 5.26 Å². The summed E-state index contributed by atoms with van der Waals surface area (Å²) in [6, 6.07) is 7.51. The number of nitriles is 1. The SMILES string of the molecule is CCC1CCN(c2cc(C#N)ccc2C(C)=O)CC1. The summed E-state index contributed by atoms with van der Waals surface area (Å²) in [7, 11) is 0. The first-order chi connectivity index (χ1) is 9.15. The Morgan fingerprint density at radius 1 is 1.42 bits per heavy atom. The van der Waals surface area contributed by atoms with Crippen molar-refractivity contribution in [1.29, 1.82) is 5.26 Å². The molecule has 1 heterocycles. The Labute approximate surface area is 114 Å². The van der Waals surface area contributed by atoms with Crippen molar-refractivity contribution in [3.05, 3.63) is 29.3 Å². The lowest BCUT2D eigenvalue weighted by Gasteiger charge is -2.34. The maximum absolute atomic E-state index is 11.7. The Morgan fingerprint density at radius 3 is 2.63 bits per heavy atom. The summed E-state index contributed by atoms with van der Waals surface area (Å²) in [6.07, 6.45) is 3.57. The molecule has 0 spiro atoms. The van der Waals surface area contributed by atoms with Crippen LogP contribution in [0, 0.1) is 17.2 Å². The van der Waals surface area contributed by atoms with Gasteiger partial charge in [0.2, 0.25) is 0 Å². The van der Waals surface area contributed by atoms with Crippen molar-refractivity contribution < 1.29 is 4.79 Å². The van der Waals surface area contributed by atoms with Gasteiger partial charge in [-0.3, -0.25) is 4.79 Å². The fraction of sp³-hybridized carbons (Fsp3) is 0.500. The molecule has 0 unspecified atom stereocenters. The van der Waals surface area contributed by atoms with Gasteiger partial charge in [-0.25, -0.2) is 0 Å². The molecule has 0 aromatic heterocycles. The topological polar surface area (TPSA) is 44.1 Å². The molecule has 1 aliphatic heterocycles. The minimum absolute atomic E-state index is 0.0668. The van der Waals surface area contributed by atoms with Gasteiger partial charge in [0.15, 0.2) is 5.78 Å². The summed E-state index contributed by atoms with van der Waals surface area (Å²) in [5, 5.41) is 9.02. The number of ketones is 1. The van der Waals surface area contributed by atoms with E-state index in [1.165, 1.54) is 19.3 Å². The smallest absolute Gasteiger partial charge is 0.161 e. The summed E-state index contributed by atoms with van der Waals surface area (Å²) in [4.78, 5) is 14.0. The van der Waals surface area contributed by atoms with Crippen molar-refractivity contribution in [1.82, 2.24) is 0 Å². The monoisotopic (exact) mass is 256 g/mol. The molecule has 1 aromatic carbocycles. The van der Waals surface area contributed by atoms with Gasteiger partial charge in [-0.15, -0.1) is 0 Å². The van der Waals surface area contributed by atoms with Gasteiger partial charge >= 0.3 is 0 Å². The lowest BCUT2D eigenvalue weighted by Crippen LogP contribution is -2.34. The number of nitrogens with zero attached hydrogens (tertiary/aromatic N) is 2. The number of anilines is 1. The van der Waals surface area contributed by atoms with E-state index in [9.17, 15) is 4.79 Å². The molecule has 0 amide bonds. The molecule has 1 fully saturated rings. The average molecular weight is 256 g/mol. The highest BCUT2D eigenvalue weighted by atomic mass is 16.1. The van der Waals surface area contributed by atoms with Crippen molar-refractivity contribution in [2.24, 2.45) is 5.92 Å². The summed E-state index contributed by atoms with van der Waals surface area (Å²) in [5.74, 6) is 0.869. The van der Waals surface area contributed by atoms with Crippen LogP contribution >= 0.6 is 0 Å². The molecular weight excluding hydrogens is 236 g/mol. The lowest BCUT2D eigenvalue weighted by molar-refractivity contribution is 0.101. The number of hydrogen-bond donors (Lipinski definition) is 0. The first kappa shape index (κ1) is 13.6. The van der Waals surface area contributed by atoms with Gasteiger partial charge in [-0.1, -0.05) is 13.3 Å². The fourth-order valence-corrected chi connectivity index (χ4v) is 2.74. The van der Waals surface area contributed by atoms with Crippen LogP contribution in [-0.2, 0) is 0 Å². The number of benzene rings is 1. The second-order valence-electron chi connectivity index (χ2n) is 5.24. The van der Waals surface area contributed by atoms with E-state index < -0.39 is 0 Å². The number of carbonyl (C=O) groups excluding carboxylic acids is 1. The molecule has 2 rings (SSSR count). The van der Waals surface area contributed by atoms with Crippen LogP contribution in [0.2, 0.25) is 0 Å². The van der Waals surface area contributed by atoms with Gasteiger partial charge in [-0.05, 0) is 43.9 Å². The summed E-state index contributed by atoms with van der Waals surface area (Å²) in [5.41, 5.74) is 2.28. The first-order valence-electron chi connectivity index (χ1n) is 6.95. The molecule has 1 aliphatic rings. The number of rotatable bonds is 3. The van der Waals surface area contributed by atoms with Gasteiger partial charge < -0.3 is 4.90 Å². The zero-order valence-electron chi connectivity index (χ0n) is 11.6. The summed E-state index contributed by atoms with van der Waals surface area (Å²) >= 11 is 0. The highest BCUT2D eigenvalue weighted by Crippen LogP contribution is 2.28. The third-order valence-electron chi connectivity index (χ3n) is 4.04. The fourth-order valence-electron chi connectivity index (χ4n) is 2.74. The average Bonchev–Trinajstić information content (AvgIpc) is 2.46. The maximum atomic E-state index is 11.7. The van der Waals surface area contributed by atoms with E-state index in [4.69, 9.17) is 5.26 Å². The minimum atomic E-state index is 0.0668. The zero-order chi connectivity index (χ0) is 13.8. The number of carbonyl (C=O) groups is 1. The van der Waals surface area contributed by atoms with Crippen LogP contribution in [-0.4, -0.2) is 18.9 Å². The maximum Gasteiger partial charge on any atom is 0.161 e. The third-order valence-corrected chi connectivity index (χ3v) is 4.04. The highest BCUT2D eigenvalue weighted by Gasteiger charge is 2.21. The molecule has 19 heavy (non-hydrogen) atoms. The van der Waals surface area contributed by atoms with Crippen LogP contribution in [0.3, 0.4) is 0 Å². The van der Waals surface area contributed by atoms with Crippen molar-refractivity contribution in [2.75, 3.05) is 18.0 Å². The van der Waals surface area contributed by atoms with E-state index in [1.807, 2.05) is 6.07 Å². The molecule has 1 aromatic rings. The second kappa shape index (κ2) is 5.88. The molecule has 100 valence electrons. The summed E-state index contributed by atoms with van der Waals surface area (Å²) in [6.45, 7) is 5.78. The molecule has 1 saturated heterocycles. The van der Waals surface area contributed by atoms with Gasteiger partial charge in [0, 0.05) is 24.3 Å². The van der Waals surface area contributed by atoms with Crippen molar-refractivity contribution >= 4 is 11.5 Å². The Hall–Kier alpha value is -1.82. The van der Waals surface area contributed by atoms with Crippen LogP contribution in [0.4, 0.5) is 5.69 Å². The van der Waals surface area contributed by atoms with Crippen LogP contribution < -0.4 is 4.90 Å². The van der Waals surface area contributed by atoms with Gasteiger partial charge in [0.05, 0.1) is 11.6 Å². The molecule has 0 atom stereocenters. The van der Waals surface area contributed by atoms with Crippen LogP contribution in [0.15, 0.2) is 18.2 Å². The van der Waals surface area contributed by atoms with E-state index >= 15 is 0 Å². The van der Waals surface area contributed by atoms with Crippen LogP contribution in [0.5, 0.6) is 0 Å². The predicted octanol–water partition coefficient (Wildman–Crippen LogP) is 3.39. The Morgan fingerprint density at radius 2 is 2.11 bits per heavy atom. The molecular formula is C16H20N2O. The Bertz CT molecular complexity index is 508. The third kappa shape index (κ3) is 2.96. The predicted molar refractivity (Wildman–Crippen MR) is 76.4 cm³/mol. The molecule has 0 bridgehead atoms. The Balaban J connectivity index is 2.28. The molecule has 3 heteroatoms. The van der Waals surface area contributed by atoms with E-state index in [-0.39, 0.29) is 5.78 Å². The number of piperidine rings is 1. The standard InChI is InChI=1S/C16H20N2O/c1-3-13-6-8-18(9-7-13)16-10-14(11-17)4-5-15(16)12(2)19/h4-5,10,13H,3,6-9H2,1-2H3. The molecule has 3 nitrogen and oxygen atoms in total. The van der Waals surface area contributed by atoms with Gasteiger partial charge in [0.1, 0.15) is 0 Å². The molecule has 0 saturated carbocycles. The molecule has 0 N–H and O–H groups in total. The van der Waals surface area contributed by atoms with Crippen LogP contribution in [0.25, 0.3) is 0 Å². The van der Waals surface area contributed by atoms with Gasteiger partial charge in [0.25, 0.3) is 0 Å². The molecule has 0 radical (unpaired) electrons. The van der Waals surface area contributed by atoms with Crippen molar-refractivity contribution in [3.63, 3.8) is 0 Å².